The maximum atomic E-state index is 12.7. The average molecular weight is 625 g/mol. The number of carbonyl (C=O) groups excluding carboxylic acids is 1. The van der Waals surface area contributed by atoms with E-state index in [9.17, 15) is 36.2 Å². The maximum Gasteiger partial charge on any atom is 0.573 e. The lowest BCUT2D eigenvalue weighted by molar-refractivity contribution is -0.275. The number of nitrogens with zero attached hydrogens (tertiary/aromatic N) is 1. The van der Waals surface area contributed by atoms with Crippen LogP contribution in [0, 0.1) is 5.92 Å². The molecule has 3 aromatic rings. The van der Waals surface area contributed by atoms with Crippen molar-refractivity contribution in [3.05, 3.63) is 102 Å². The number of aliphatic hydroxyl groups is 1. The molecular weight excluding hydrogens is 594 g/mol. The molecular formula is C31H30F6N2O5. The first-order valence-electron chi connectivity index (χ1n) is 13.6. The molecule has 0 atom stereocenters. The van der Waals surface area contributed by atoms with Gasteiger partial charge in [-0.05, 0) is 84.9 Å². The van der Waals surface area contributed by atoms with Crippen LogP contribution in [0.25, 0.3) is 0 Å². The van der Waals surface area contributed by atoms with E-state index >= 15 is 0 Å². The molecule has 1 heterocycles. The zero-order valence-corrected chi connectivity index (χ0v) is 23.3. The Morgan fingerprint density at radius 1 is 0.841 bits per heavy atom. The predicted molar refractivity (Wildman–Crippen MR) is 149 cm³/mol. The van der Waals surface area contributed by atoms with Gasteiger partial charge in [0.15, 0.2) is 0 Å². The topological polar surface area (TPSA) is 80.3 Å². The van der Waals surface area contributed by atoms with Crippen LogP contribution < -0.4 is 14.8 Å². The van der Waals surface area contributed by atoms with E-state index in [-0.39, 0.29) is 17.7 Å². The van der Waals surface area contributed by atoms with E-state index in [0.29, 0.717) is 38.2 Å². The van der Waals surface area contributed by atoms with Crippen LogP contribution in [0.2, 0.25) is 0 Å². The van der Waals surface area contributed by atoms with Gasteiger partial charge < -0.3 is 19.3 Å². The van der Waals surface area contributed by atoms with Gasteiger partial charge in [-0.1, -0.05) is 49.1 Å². The SMILES string of the molecule is C=CCOC(=O)Nc1ccc(CN2CCC(C(O)(c3ccc(OC(F)(F)F)cc3)c3ccc(OC(F)(F)F)cc3)CC2)cc1. The Kier molecular flexibility index (Phi) is 10.1. The molecule has 44 heavy (non-hydrogen) atoms. The highest BCUT2D eigenvalue weighted by atomic mass is 19.4. The molecule has 0 aliphatic carbocycles. The Balaban J connectivity index is 1.48. The number of ether oxygens (including phenoxy) is 3. The van der Waals surface area contributed by atoms with Crippen molar-refractivity contribution in [3.63, 3.8) is 0 Å². The molecule has 13 heteroatoms. The number of anilines is 1. The smallest absolute Gasteiger partial charge is 0.445 e. The number of likely N-dealkylation sites (tertiary alicyclic amines) is 1. The first-order valence-corrected chi connectivity index (χ1v) is 13.6. The number of nitrogens with one attached hydrogen (secondary N) is 1. The normalized spacial score (nSPS) is 15.0. The van der Waals surface area contributed by atoms with Crippen LogP contribution in [-0.4, -0.2) is 48.5 Å². The van der Waals surface area contributed by atoms with E-state index in [2.05, 4.69) is 26.3 Å². The zero-order valence-electron chi connectivity index (χ0n) is 23.3. The summed E-state index contributed by atoms with van der Waals surface area (Å²) in [6.45, 7) is 5.27. The highest BCUT2D eigenvalue weighted by Crippen LogP contribution is 2.43. The van der Waals surface area contributed by atoms with Crippen LogP contribution >= 0.6 is 0 Å². The third-order valence-electron chi connectivity index (χ3n) is 7.17. The maximum absolute atomic E-state index is 12.7. The monoisotopic (exact) mass is 624 g/mol. The fraction of sp³-hybridized carbons (Fsp3) is 0.323. The third-order valence-corrected chi connectivity index (χ3v) is 7.17. The van der Waals surface area contributed by atoms with Gasteiger partial charge in [-0.15, -0.1) is 26.3 Å². The quantitative estimate of drug-likeness (QED) is 0.181. The molecule has 1 saturated heterocycles. The van der Waals surface area contributed by atoms with Crippen LogP contribution in [0.3, 0.4) is 0 Å². The number of carbonyl (C=O) groups is 1. The summed E-state index contributed by atoms with van der Waals surface area (Å²) in [4.78, 5) is 13.9. The number of halogens is 6. The van der Waals surface area contributed by atoms with Gasteiger partial charge >= 0.3 is 18.8 Å². The first-order chi connectivity index (χ1) is 20.7. The number of amides is 1. The largest absolute Gasteiger partial charge is 0.573 e. The molecule has 0 radical (unpaired) electrons. The van der Waals surface area contributed by atoms with Gasteiger partial charge in [0.05, 0.1) is 0 Å². The fourth-order valence-electron chi connectivity index (χ4n) is 5.21. The highest BCUT2D eigenvalue weighted by molar-refractivity contribution is 5.84. The molecule has 7 nitrogen and oxygen atoms in total. The second-order valence-electron chi connectivity index (χ2n) is 10.2. The van der Waals surface area contributed by atoms with Crippen molar-refractivity contribution in [3.8, 4) is 11.5 Å². The Morgan fingerprint density at radius 3 is 1.75 bits per heavy atom. The van der Waals surface area contributed by atoms with E-state index in [4.69, 9.17) is 4.74 Å². The van der Waals surface area contributed by atoms with E-state index in [1.165, 1.54) is 30.3 Å². The minimum absolute atomic E-state index is 0.0879. The minimum atomic E-state index is -4.90. The predicted octanol–water partition coefficient (Wildman–Crippen LogP) is 7.37. The molecule has 1 aliphatic rings. The number of alkyl halides is 6. The summed E-state index contributed by atoms with van der Waals surface area (Å²) in [6, 6.07) is 16.8. The summed E-state index contributed by atoms with van der Waals surface area (Å²) in [5.41, 5.74) is 0.344. The second kappa shape index (κ2) is 13.6. The van der Waals surface area contributed by atoms with Crippen molar-refractivity contribution in [1.29, 1.82) is 0 Å². The van der Waals surface area contributed by atoms with Crippen LogP contribution in [0.1, 0.15) is 29.5 Å². The molecule has 236 valence electrons. The number of rotatable bonds is 10. The molecule has 0 unspecified atom stereocenters. The Morgan fingerprint density at radius 2 is 1.32 bits per heavy atom. The minimum Gasteiger partial charge on any atom is -0.445 e. The number of piperidine rings is 1. The molecule has 0 aromatic heterocycles. The molecule has 1 aliphatic heterocycles. The van der Waals surface area contributed by atoms with Crippen LogP contribution in [-0.2, 0) is 16.9 Å². The molecule has 0 saturated carbocycles. The Bertz CT molecular complexity index is 1330. The summed E-state index contributed by atoms with van der Waals surface area (Å²) in [5, 5.41) is 14.8. The molecule has 3 aromatic carbocycles. The molecule has 1 fully saturated rings. The third kappa shape index (κ3) is 8.89. The van der Waals surface area contributed by atoms with Gasteiger partial charge in [-0.2, -0.15) is 0 Å². The highest BCUT2D eigenvalue weighted by Gasteiger charge is 2.42. The average Bonchev–Trinajstić information content (AvgIpc) is 2.96. The summed E-state index contributed by atoms with van der Waals surface area (Å²) in [7, 11) is 0. The number of hydrogen-bond donors (Lipinski definition) is 2. The van der Waals surface area contributed by atoms with Gasteiger partial charge in [0, 0.05) is 12.2 Å². The standard InChI is InChI=1S/C31H30F6N2O5/c1-2-19-42-28(40)38-25-9-3-21(4-10-25)20-39-17-15-24(16-18-39)29(41,22-5-11-26(12-6-22)43-30(32,33)34)23-7-13-27(14-8-23)44-31(35,36)37/h2-14,24,41H,1,15-20H2,(H,38,40). The van der Waals surface area contributed by atoms with Gasteiger partial charge in [0.1, 0.15) is 23.7 Å². The van der Waals surface area contributed by atoms with Crippen molar-refractivity contribution in [2.24, 2.45) is 5.92 Å². The van der Waals surface area contributed by atoms with Gasteiger partial charge in [-0.25, -0.2) is 4.79 Å². The number of benzene rings is 3. The van der Waals surface area contributed by atoms with Crippen molar-refractivity contribution in [2.45, 2.75) is 37.7 Å². The van der Waals surface area contributed by atoms with Gasteiger partial charge in [0.25, 0.3) is 0 Å². The van der Waals surface area contributed by atoms with Crippen LogP contribution in [0.15, 0.2) is 85.5 Å². The van der Waals surface area contributed by atoms with Crippen LogP contribution in [0.4, 0.5) is 36.8 Å². The van der Waals surface area contributed by atoms with Crippen molar-refractivity contribution >= 4 is 11.8 Å². The van der Waals surface area contributed by atoms with Crippen LogP contribution in [0.5, 0.6) is 11.5 Å². The lowest BCUT2D eigenvalue weighted by Gasteiger charge is -2.42. The zero-order chi connectivity index (χ0) is 32.0. The second-order valence-corrected chi connectivity index (χ2v) is 10.2. The summed E-state index contributed by atoms with van der Waals surface area (Å²) >= 11 is 0. The number of hydrogen-bond acceptors (Lipinski definition) is 6. The van der Waals surface area contributed by atoms with E-state index in [1.54, 1.807) is 12.1 Å². The lowest BCUT2D eigenvalue weighted by Crippen LogP contribution is -2.44. The molecule has 0 bridgehead atoms. The molecule has 2 N–H and O–H groups in total. The Hall–Kier alpha value is -4.23. The van der Waals surface area contributed by atoms with E-state index in [0.717, 1.165) is 29.8 Å². The van der Waals surface area contributed by atoms with E-state index in [1.807, 2.05) is 12.1 Å². The van der Waals surface area contributed by atoms with Gasteiger partial charge in [0.2, 0.25) is 0 Å². The lowest BCUT2D eigenvalue weighted by atomic mass is 9.72. The Labute approximate surface area is 249 Å². The molecule has 4 rings (SSSR count). The van der Waals surface area contributed by atoms with Crippen molar-refractivity contribution < 1.29 is 50.5 Å². The summed E-state index contributed by atoms with van der Waals surface area (Å²) in [6.07, 6.45) is -7.98. The van der Waals surface area contributed by atoms with E-state index < -0.39 is 41.8 Å². The summed E-state index contributed by atoms with van der Waals surface area (Å²) < 4.78 is 89.0. The molecule has 1 amide bonds. The molecule has 0 spiro atoms. The van der Waals surface area contributed by atoms with Crippen molar-refractivity contribution in [2.75, 3.05) is 25.0 Å². The summed E-state index contributed by atoms with van der Waals surface area (Å²) in [5.74, 6) is -1.36. The fourth-order valence-corrected chi connectivity index (χ4v) is 5.21. The van der Waals surface area contributed by atoms with Gasteiger partial charge in [-0.3, -0.25) is 10.2 Å². The first kappa shape index (κ1) is 32.7. The van der Waals surface area contributed by atoms with Crippen molar-refractivity contribution in [1.82, 2.24) is 4.90 Å².